The molecule has 0 spiro atoms. The van der Waals surface area contributed by atoms with E-state index in [4.69, 9.17) is 11.6 Å². The zero-order valence-corrected chi connectivity index (χ0v) is 12.7. The molecule has 2 aromatic rings. The lowest BCUT2D eigenvalue weighted by molar-refractivity contribution is 0.194. The fourth-order valence-electron chi connectivity index (χ4n) is 3.19. The molecule has 1 unspecified atom stereocenters. The van der Waals surface area contributed by atoms with Crippen LogP contribution in [0.2, 0.25) is 0 Å². The number of fused-ring (bicyclic) bond motifs is 1. The molecule has 0 N–H and O–H groups in total. The van der Waals surface area contributed by atoms with E-state index in [1.54, 1.807) is 0 Å². The number of hydrogen-bond acceptors (Lipinski definition) is 3. The topological polar surface area (TPSA) is 34.0 Å². The molecule has 108 valence electrons. The molecule has 3 rings (SSSR count). The Bertz CT molecular complexity index is 580. The van der Waals surface area contributed by atoms with Gasteiger partial charge in [-0.1, -0.05) is 0 Å². The summed E-state index contributed by atoms with van der Waals surface area (Å²) in [6.07, 6.45) is 7.10. The lowest BCUT2D eigenvalue weighted by Gasteiger charge is -2.30. The maximum absolute atomic E-state index is 5.92. The van der Waals surface area contributed by atoms with Crippen molar-refractivity contribution in [1.29, 1.82) is 0 Å². The Morgan fingerprint density at radius 1 is 1.45 bits per heavy atom. The van der Waals surface area contributed by atoms with Crippen molar-refractivity contribution in [2.45, 2.75) is 25.8 Å². The van der Waals surface area contributed by atoms with Gasteiger partial charge in [-0.3, -0.25) is 4.98 Å². The van der Waals surface area contributed by atoms with E-state index >= 15 is 0 Å². The molecule has 4 nitrogen and oxygen atoms in total. The second-order valence-electron chi connectivity index (χ2n) is 5.71. The van der Waals surface area contributed by atoms with Gasteiger partial charge in [-0.2, -0.15) is 0 Å². The first-order valence-electron chi connectivity index (χ1n) is 7.31. The number of rotatable bonds is 4. The van der Waals surface area contributed by atoms with Crippen LogP contribution in [-0.4, -0.2) is 45.5 Å². The number of halogens is 1. The Morgan fingerprint density at radius 3 is 3.15 bits per heavy atom. The summed E-state index contributed by atoms with van der Waals surface area (Å²) in [7, 11) is 2.21. The lowest BCUT2D eigenvalue weighted by Crippen LogP contribution is -2.34. The minimum Gasteiger partial charge on any atom is -0.328 e. The third kappa shape index (κ3) is 2.81. The molecular formula is C15H21ClN4. The number of likely N-dealkylation sites (tertiary alicyclic amines) is 1. The predicted octanol–water partition coefficient (Wildman–Crippen LogP) is 2.55. The van der Waals surface area contributed by atoms with Gasteiger partial charge in [0.05, 0.1) is 11.7 Å². The molecule has 0 saturated carbocycles. The smallest absolute Gasteiger partial charge is 0.111 e. The Labute approximate surface area is 124 Å². The number of aromatic nitrogens is 3. The van der Waals surface area contributed by atoms with Crippen molar-refractivity contribution >= 4 is 22.6 Å². The van der Waals surface area contributed by atoms with Crippen molar-refractivity contribution in [2.75, 3.05) is 26.0 Å². The van der Waals surface area contributed by atoms with Gasteiger partial charge >= 0.3 is 0 Å². The maximum Gasteiger partial charge on any atom is 0.111 e. The first kappa shape index (κ1) is 13.8. The molecule has 1 atom stereocenters. The largest absolute Gasteiger partial charge is 0.328 e. The number of imidazole rings is 1. The van der Waals surface area contributed by atoms with Crippen molar-refractivity contribution in [1.82, 2.24) is 19.4 Å². The highest BCUT2D eigenvalue weighted by atomic mass is 35.5. The Balaban J connectivity index is 1.90. The average Bonchev–Trinajstić information content (AvgIpc) is 2.78. The highest BCUT2D eigenvalue weighted by Crippen LogP contribution is 2.22. The summed E-state index contributed by atoms with van der Waals surface area (Å²) in [4.78, 5) is 11.3. The first-order valence-corrected chi connectivity index (χ1v) is 7.85. The summed E-state index contributed by atoms with van der Waals surface area (Å²) in [6, 6.07) is 2.06. The average molecular weight is 293 g/mol. The fourth-order valence-corrected chi connectivity index (χ4v) is 3.36. The summed E-state index contributed by atoms with van der Waals surface area (Å²) in [6.45, 7) is 3.43. The van der Waals surface area contributed by atoms with Gasteiger partial charge in [0.15, 0.2) is 0 Å². The van der Waals surface area contributed by atoms with Gasteiger partial charge in [0, 0.05) is 31.6 Å². The van der Waals surface area contributed by atoms with Crippen LogP contribution in [0.25, 0.3) is 11.0 Å². The maximum atomic E-state index is 5.92. The van der Waals surface area contributed by atoms with Crippen LogP contribution in [-0.2, 0) is 13.0 Å². The molecule has 0 aromatic carbocycles. The van der Waals surface area contributed by atoms with Gasteiger partial charge in [0.1, 0.15) is 11.3 Å². The number of aryl methyl sites for hydroxylation is 1. The highest BCUT2D eigenvalue weighted by Gasteiger charge is 2.20. The third-order valence-corrected chi connectivity index (χ3v) is 4.30. The molecule has 0 amide bonds. The molecule has 20 heavy (non-hydrogen) atoms. The van der Waals surface area contributed by atoms with E-state index in [0.717, 1.165) is 24.3 Å². The van der Waals surface area contributed by atoms with Crippen LogP contribution in [0.1, 0.15) is 18.7 Å². The molecular weight excluding hydrogens is 272 g/mol. The fraction of sp³-hybridized carbons (Fsp3) is 0.600. The Kier molecular flexibility index (Phi) is 4.22. The zero-order chi connectivity index (χ0) is 13.9. The van der Waals surface area contributed by atoms with E-state index < -0.39 is 0 Å². The highest BCUT2D eigenvalue weighted by molar-refractivity contribution is 6.17. The second kappa shape index (κ2) is 6.10. The number of alkyl halides is 1. The van der Waals surface area contributed by atoms with Gasteiger partial charge in [0.2, 0.25) is 0 Å². The van der Waals surface area contributed by atoms with E-state index in [2.05, 4.69) is 32.5 Å². The van der Waals surface area contributed by atoms with Crippen molar-refractivity contribution in [2.24, 2.45) is 5.92 Å². The molecule has 0 aliphatic carbocycles. The second-order valence-corrected chi connectivity index (χ2v) is 6.09. The monoisotopic (exact) mass is 292 g/mol. The molecule has 0 bridgehead atoms. The quantitative estimate of drug-likeness (QED) is 0.812. The number of piperidine rings is 1. The van der Waals surface area contributed by atoms with Gasteiger partial charge in [-0.05, 0) is 38.4 Å². The third-order valence-electron chi connectivity index (χ3n) is 4.11. The molecule has 1 saturated heterocycles. The number of pyridine rings is 1. The van der Waals surface area contributed by atoms with E-state index in [0.29, 0.717) is 11.8 Å². The molecule has 0 radical (unpaired) electrons. The van der Waals surface area contributed by atoms with Crippen LogP contribution in [0.15, 0.2) is 18.5 Å². The van der Waals surface area contributed by atoms with Crippen LogP contribution >= 0.6 is 11.6 Å². The minimum atomic E-state index is 0.612. The lowest BCUT2D eigenvalue weighted by atomic mass is 9.98. The normalized spacial score (nSPS) is 20.6. The van der Waals surface area contributed by atoms with Gasteiger partial charge in [-0.25, -0.2) is 4.98 Å². The van der Waals surface area contributed by atoms with Crippen LogP contribution in [0, 0.1) is 5.92 Å². The van der Waals surface area contributed by atoms with Crippen molar-refractivity contribution in [3.05, 3.63) is 24.3 Å². The first-order chi connectivity index (χ1) is 9.78. The number of nitrogens with zero attached hydrogens (tertiary/aromatic N) is 4. The molecule has 1 aliphatic rings. The number of hydrogen-bond donors (Lipinski definition) is 0. The van der Waals surface area contributed by atoms with Crippen molar-refractivity contribution < 1.29 is 0 Å². The van der Waals surface area contributed by atoms with Crippen LogP contribution in [0.4, 0.5) is 0 Å². The van der Waals surface area contributed by atoms with Crippen molar-refractivity contribution in [3.63, 3.8) is 0 Å². The van der Waals surface area contributed by atoms with Gasteiger partial charge in [-0.15, -0.1) is 11.6 Å². The molecule has 5 heteroatoms. The molecule has 3 heterocycles. The van der Waals surface area contributed by atoms with Gasteiger partial charge in [0.25, 0.3) is 0 Å². The summed E-state index contributed by atoms with van der Waals surface area (Å²) in [5.74, 6) is 2.41. The van der Waals surface area contributed by atoms with Crippen molar-refractivity contribution in [3.8, 4) is 0 Å². The van der Waals surface area contributed by atoms with Crippen LogP contribution in [0.3, 0.4) is 0 Å². The van der Waals surface area contributed by atoms with E-state index in [1.807, 2.05) is 12.4 Å². The van der Waals surface area contributed by atoms with Crippen LogP contribution in [0.5, 0.6) is 0 Å². The Morgan fingerprint density at radius 2 is 2.35 bits per heavy atom. The zero-order valence-electron chi connectivity index (χ0n) is 11.9. The van der Waals surface area contributed by atoms with E-state index in [-0.39, 0.29) is 0 Å². The van der Waals surface area contributed by atoms with E-state index in [9.17, 15) is 0 Å². The van der Waals surface area contributed by atoms with Gasteiger partial charge < -0.3 is 9.47 Å². The van der Waals surface area contributed by atoms with E-state index in [1.165, 1.54) is 31.4 Å². The molecule has 1 fully saturated rings. The minimum absolute atomic E-state index is 0.612. The molecule has 2 aromatic heterocycles. The standard InChI is InChI=1S/C15H21ClN4/c1-19-8-2-3-12(10-19)11-20-14-5-7-17-9-13(14)18-15(20)4-6-16/h5,7,9,12H,2-4,6,8,10-11H2,1H3. The summed E-state index contributed by atoms with van der Waals surface area (Å²) in [5, 5.41) is 0. The summed E-state index contributed by atoms with van der Waals surface area (Å²) < 4.78 is 2.35. The molecule has 1 aliphatic heterocycles. The predicted molar refractivity (Wildman–Crippen MR) is 82.2 cm³/mol. The summed E-state index contributed by atoms with van der Waals surface area (Å²) >= 11 is 5.92. The summed E-state index contributed by atoms with van der Waals surface area (Å²) in [5.41, 5.74) is 2.17. The SMILES string of the molecule is CN1CCCC(Cn2c(CCCl)nc3cnccc32)C1. The van der Waals surface area contributed by atoms with Crippen LogP contribution < -0.4 is 0 Å². The Hall–Kier alpha value is -1.13.